The van der Waals surface area contributed by atoms with Gasteiger partial charge in [0.05, 0.1) is 6.54 Å². The Morgan fingerprint density at radius 1 is 1.44 bits per heavy atom. The summed E-state index contributed by atoms with van der Waals surface area (Å²) in [7, 11) is 1.76. The molecular formula is C12H14N4O2. The molecule has 0 unspecified atom stereocenters. The van der Waals surface area contributed by atoms with Crippen LogP contribution in [-0.2, 0) is 6.54 Å². The van der Waals surface area contributed by atoms with Crippen LogP contribution in [0.15, 0.2) is 29.0 Å². The fraction of sp³-hybridized carbons (Fsp3) is 0.250. The lowest BCUT2D eigenvalue weighted by Crippen LogP contribution is -2.23. The van der Waals surface area contributed by atoms with Crippen LogP contribution in [-0.4, -0.2) is 23.1 Å². The van der Waals surface area contributed by atoms with Gasteiger partial charge in [0.15, 0.2) is 0 Å². The van der Waals surface area contributed by atoms with Crippen molar-refractivity contribution in [1.82, 2.24) is 15.5 Å². The lowest BCUT2D eigenvalue weighted by Gasteiger charge is -2.06. The minimum Gasteiger partial charge on any atom is -0.373 e. The van der Waals surface area contributed by atoms with Gasteiger partial charge in [-0.2, -0.15) is 0 Å². The molecule has 2 N–H and O–H groups in total. The maximum atomic E-state index is 11.9. The van der Waals surface area contributed by atoms with Crippen molar-refractivity contribution in [1.29, 1.82) is 0 Å². The zero-order chi connectivity index (χ0) is 13.0. The summed E-state index contributed by atoms with van der Waals surface area (Å²) in [6.45, 7) is 2.18. The van der Waals surface area contributed by atoms with E-state index in [2.05, 4.69) is 25.3 Å². The maximum absolute atomic E-state index is 11.9. The van der Waals surface area contributed by atoms with E-state index >= 15 is 0 Å². The van der Waals surface area contributed by atoms with Gasteiger partial charge in [-0.1, -0.05) is 5.16 Å². The molecule has 2 aromatic rings. The standard InChI is InChI=1S/C12H14N4O2/c1-8-5-9(6-11(13-2)15-8)12(17)14-7-10-3-4-18-16-10/h3-6H,7H2,1-2H3,(H,13,15)(H,14,17). The Kier molecular flexibility index (Phi) is 3.57. The number of hydrogen-bond donors (Lipinski definition) is 2. The topological polar surface area (TPSA) is 80.0 Å². The minimum absolute atomic E-state index is 0.167. The zero-order valence-electron chi connectivity index (χ0n) is 10.2. The molecule has 0 aromatic carbocycles. The molecule has 0 spiro atoms. The number of hydrogen-bond acceptors (Lipinski definition) is 5. The Labute approximate surface area is 104 Å². The molecule has 0 atom stereocenters. The summed E-state index contributed by atoms with van der Waals surface area (Å²) >= 11 is 0. The molecule has 0 aliphatic carbocycles. The highest BCUT2D eigenvalue weighted by Gasteiger charge is 2.08. The quantitative estimate of drug-likeness (QED) is 0.851. The van der Waals surface area contributed by atoms with Gasteiger partial charge in [0.2, 0.25) is 0 Å². The summed E-state index contributed by atoms with van der Waals surface area (Å²) < 4.78 is 4.69. The number of anilines is 1. The van der Waals surface area contributed by atoms with Crippen molar-refractivity contribution in [2.45, 2.75) is 13.5 Å². The van der Waals surface area contributed by atoms with Gasteiger partial charge in [-0.15, -0.1) is 0 Å². The van der Waals surface area contributed by atoms with Crippen LogP contribution >= 0.6 is 0 Å². The van der Waals surface area contributed by atoms with Crippen LogP contribution < -0.4 is 10.6 Å². The van der Waals surface area contributed by atoms with E-state index in [9.17, 15) is 4.79 Å². The van der Waals surface area contributed by atoms with E-state index in [1.165, 1.54) is 6.26 Å². The van der Waals surface area contributed by atoms with E-state index in [4.69, 9.17) is 0 Å². The average molecular weight is 246 g/mol. The van der Waals surface area contributed by atoms with Crippen molar-refractivity contribution in [3.05, 3.63) is 41.4 Å². The SMILES string of the molecule is CNc1cc(C(=O)NCc2ccon2)cc(C)n1. The van der Waals surface area contributed by atoms with E-state index in [1.54, 1.807) is 25.2 Å². The van der Waals surface area contributed by atoms with Gasteiger partial charge in [-0.25, -0.2) is 4.98 Å². The van der Waals surface area contributed by atoms with Gasteiger partial charge in [0, 0.05) is 24.4 Å². The molecule has 2 rings (SSSR count). The molecule has 0 aliphatic heterocycles. The summed E-state index contributed by atoms with van der Waals surface area (Å²) in [6.07, 6.45) is 1.47. The highest BCUT2D eigenvalue weighted by molar-refractivity contribution is 5.94. The largest absolute Gasteiger partial charge is 0.373 e. The molecule has 94 valence electrons. The number of amides is 1. The van der Waals surface area contributed by atoms with Crippen molar-refractivity contribution in [3.8, 4) is 0 Å². The highest BCUT2D eigenvalue weighted by atomic mass is 16.5. The summed E-state index contributed by atoms with van der Waals surface area (Å²) in [4.78, 5) is 16.2. The van der Waals surface area contributed by atoms with Crippen molar-refractivity contribution < 1.29 is 9.32 Å². The first kappa shape index (κ1) is 12.1. The Bertz CT molecular complexity index is 537. The molecule has 1 amide bonds. The average Bonchev–Trinajstić information content (AvgIpc) is 2.88. The van der Waals surface area contributed by atoms with Crippen molar-refractivity contribution in [3.63, 3.8) is 0 Å². The molecule has 6 nitrogen and oxygen atoms in total. The molecule has 0 radical (unpaired) electrons. The molecule has 2 aromatic heterocycles. The number of aryl methyl sites for hydroxylation is 1. The Hall–Kier alpha value is -2.37. The predicted octanol–water partition coefficient (Wildman–Crippen LogP) is 1.35. The fourth-order valence-electron chi connectivity index (χ4n) is 1.53. The third kappa shape index (κ3) is 2.85. The van der Waals surface area contributed by atoms with Gasteiger partial charge < -0.3 is 15.2 Å². The molecule has 6 heteroatoms. The number of pyridine rings is 1. The molecule has 0 saturated heterocycles. The van der Waals surface area contributed by atoms with Crippen molar-refractivity contribution in [2.75, 3.05) is 12.4 Å². The lowest BCUT2D eigenvalue weighted by molar-refractivity contribution is 0.0950. The molecule has 18 heavy (non-hydrogen) atoms. The Morgan fingerprint density at radius 2 is 2.28 bits per heavy atom. The van der Waals surface area contributed by atoms with Crippen LogP contribution in [0.2, 0.25) is 0 Å². The first-order valence-electron chi connectivity index (χ1n) is 5.53. The smallest absolute Gasteiger partial charge is 0.251 e. The normalized spacial score (nSPS) is 10.1. The van der Waals surface area contributed by atoms with E-state index in [1.807, 2.05) is 6.92 Å². The monoisotopic (exact) mass is 246 g/mol. The lowest BCUT2D eigenvalue weighted by atomic mass is 10.2. The van der Waals surface area contributed by atoms with E-state index in [0.717, 1.165) is 5.69 Å². The second-order valence-corrected chi connectivity index (χ2v) is 3.81. The van der Waals surface area contributed by atoms with Crippen LogP contribution in [0.1, 0.15) is 21.7 Å². The van der Waals surface area contributed by atoms with Gasteiger partial charge >= 0.3 is 0 Å². The minimum atomic E-state index is -0.167. The van der Waals surface area contributed by atoms with E-state index < -0.39 is 0 Å². The number of nitrogens with one attached hydrogen (secondary N) is 2. The summed E-state index contributed by atoms with van der Waals surface area (Å²) in [5.41, 5.74) is 2.03. The number of carbonyl (C=O) groups excluding carboxylic acids is 1. The molecule has 0 fully saturated rings. The Balaban J connectivity index is 2.06. The van der Waals surface area contributed by atoms with Gasteiger partial charge in [0.25, 0.3) is 5.91 Å². The number of nitrogens with zero attached hydrogens (tertiary/aromatic N) is 2. The van der Waals surface area contributed by atoms with Crippen LogP contribution in [0.4, 0.5) is 5.82 Å². The zero-order valence-corrected chi connectivity index (χ0v) is 10.2. The number of carbonyl (C=O) groups is 1. The van der Waals surface area contributed by atoms with Gasteiger partial charge in [-0.05, 0) is 19.1 Å². The van der Waals surface area contributed by atoms with Gasteiger partial charge in [0.1, 0.15) is 17.8 Å². The summed E-state index contributed by atoms with van der Waals surface area (Å²) in [5.74, 6) is 0.501. The predicted molar refractivity (Wildman–Crippen MR) is 66.2 cm³/mol. The second-order valence-electron chi connectivity index (χ2n) is 3.81. The summed E-state index contributed by atoms with van der Waals surface area (Å²) in [5, 5.41) is 9.40. The molecular weight excluding hydrogens is 232 g/mol. The highest BCUT2D eigenvalue weighted by Crippen LogP contribution is 2.09. The first-order valence-corrected chi connectivity index (χ1v) is 5.53. The fourth-order valence-corrected chi connectivity index (χ4v) is 1.53. The van der Waals surface area contributed by atoms with Gasteiger partial charge in [-0.3, -0.25) is 4.79 Å². The first-order chi connectivity index (χ1) is 8.69. The van der Waals surface area contributed by atoms with Crippen LogP contribution in [0, 0.1) is 6.92 Å². The number of aromatic nitrogens is 2. The third-order valence-electron chi connectivity index (χ3n) is 2.39. The summed E-state index contributed by atoms with van der Waals surface area (Å²) in [6, 6.07) is 5.14. The molecule has 0 aliphatic rings. The number of rotatable bonds is 4. The van der Waals surface area contributed by atoms with Crippen molar-refractivity contribution >= 4 is 11.7 Å². The maximum Gasteiger partial charge on any atom is 0.251 e. The van der Waals surface area contributed by atoms with Crippen molar-refractivity contribution in [2.24, 2.45) is 0 Å². The molecule has 0 saturated carbocycles. The second kappa shape index (κ2) is 5.31. The van der Waals surface area contributed by atoms with Crippen LogP contribution in [0.5, 0.6) is 0 Å². The Morgan fingerprint density at radius 3 is 2.94 bits per heavy atom. The van der Waals surface area contributed by atoms with E-state index in [-0.39, 0.29) is 5.91 Å². The van der Waals surface area contributed by atoms with Crippen LogP contribution in [0.3, 0.4) is 0 Å². The van der Waals surface area contributed by atoms with Crippen LogP contribution in [0.25, 0.3) is 0 Å². The third-order valence-corrected chi connectivity index (χ3v) is 2.39. The molecule has 0 bridgehead atoms. The molecule has 2 heterocycles. The van der Waals surface area contributed by atoms with E-state index in [0.29, 0.717) is 23.6 Å².